The number of nitrogens with zero attached hydrogens (tertiary/aromatic N) is 3. The van der Waals surface area contributed by atoms with Gasteiger partial charge >= 0.3 is 6.03 Å². The molecule has 7 heteroatoms. The number of aromatic nitrogens is 1. The minimum atomic E-state index is -0.145. The van der Waals surface area contributed by atoms with Crippen LogP contribution in [0.4, 0.5) is 10.5 Å². The predicted octanol–water partition coefficient (Wildman–Crippen LogP) is 2.60. The molecule has 2 N–H and O–H groups in total. The molecule has 3 amide bonds. The topological polar surface area (TPSA) is 77.6 Å². The number of nitrogens with one attached hydrogen (secondary N) is 2. The molecule has 4 heterocycles. The second-order valence-corrected chi connectivity index (χ2v) is 8.33. The molecule has 1 spiro atoms. The average molecular weight is 391 g/mol. The fourth-order valence-electron chi connectivity index (χ4n) is 4.57. The van der Waals surface area contributed by atoms with Crippen molar-refractivity contribution in [3.8, 4) is 0 Å². The standard InChI is InChI=1S/C22H25N5O2/c28-20(27-14-22(15-27)8-1-2-9-24-22)16-3-5-19(6-4-16)25-21(29)26-12-17-7-10-23-11-18(17)13-26/h3-7,10-11,24H,1-2,8-9,12-15H2,(H,25,29). The number of benzene rings is 1. The van der Waals surface area contributed by atoms with Gasteiger partial charge in [0.25, 0.3) is 5.91 Å². The normalized spacial score (nSPS) is 19.6. The van der Waals surface area contributed by atoms with Crippen molar-refractivity contribution < 1.29 is 9.59 Å². The number of anilines is 1. The summed E-state index contributed by atoms with van der Waals surface area (Å²) in [6.07, 6.45) is 7.18. The van der Waals surface area contributed by atoms with Gasteiger partial charge in [-0.15, -0.1) is 0 Å². The van der Waals surface area contributed by atoms with E-state index in [4.69, 9.17) is 0 Å². The van der Waals surface area contributed by atoms with Crippen LogP contribution in [0.1, 0.15) is 40.7 Å². The van der Waals surface area contributed by atoms with E-state index in [1.54, 1.807) is 35.4 Å². The molecule has 2 saturated heterocycles. The van der Waals surface area contributed by atoms with Gasteiger partial charge in [0.15, 0.2) is 0 Å². The van der Waals surface area contributed by atoms with E-state index in [0.717, 1.165) is 37.2 Å². The van der Waals surface area contributed by atoms with E-state index >= 15 is 0 Å². The van der Waals surface area contributed by atoms with Crippen LogP contribution < -0.4 is 10.6 Å². The number of pyridine rings is 1. The van der Waals surface area contributed by atoms with E-state index in [0.29, 0.717) is 24.3 Å². The van der Waals surface area contributed by atoms with Crippen LogP contribution in [0.5, 0.6) is 0 Å². The summed E-state index contributed by atoms with van der Waals surface area (Å²) in [6, 6.07) is 8.98. The van der Waals surface area contributed by atoms with E-state index < -0.39 is 0 Å². The Morgan fingerprint density at radius 2 is 1.79 bits per heavy atom. The second-order valence-electron chi connectivity index (χ2n) is 8.33. The third kappa shape index (κ3) is 3.46. The molecule has 0 aliphatic carbocycles. The second kappa shape index (κ2) is 7.15. The quantitative estimate of drug-likeness (QED) is 0.825. The summed E-state index contributed by atoms with van der Waals surface area (Å²) in [7, 11) is 0. The van der Waals surface area contributed by atoms with Crippen molar-refractivity contribution in [3.63, 3.8) is 0 Å². The third-order valence-corrected chi connectivity index (χ3v) is 6.25. The first-order chi connectivity index (χ1) is 14.1. The molecule has 29 heavy (non-hydrogen) atoms. The molecule has 0 unspecified atom stereocenters. The minimum absolute atomic E-state index is 0.0587. The number of urea groups is 1. The molecule has 1 aromatic heterocycles. The third-order valence-electron chi connectivity index (χ3n) is 6.25. The van der Waals surface area contributed by atoms with E-state index in [1.807, 2.05) is 17.2 Å². The van der Waals surface area contributed by atoms with Gasteiger partial charge in [0, 0.05) is 49.8 Å². The summed E-state index contributed by atoms with van der Waals surface area (Å²) >= 11 is 0. The van der Waals surface area contributed by atoms with E-state index in [9.17, 15) is 9.59 Å². The van der Waals surface area contributed by atoms with Crippen LogP contribution in [0.2, 0.25) is 0 Å². The zero-order chi connectivity index (χ0) is 19.8. The van der Waals surface area contributed by atoms with Crippen molar-refractivity contribution in [1.82, 2.24) is 20.1 Å². The maximum Gasteiger partial charge on any atom is 0.322 e. The number of hydrogen-bond acceptors (Lipinski definition) is 4. The Kier molecular flexibility index (Phi) is 4.47. The lowest BCUT2D eigenvalue weighted by atomic mass is 9.81. The Morgan fingerprint density at radius 3 is 2.52 bits per heavy atom. The van der Waals surface area contributed by atoms with Gasteiger partial charge in [-0.25, -0.2) is 4.79 Å². The highest BCUT2D eigenvalue weighted by Gasteiger charge is 2.45. The van der Waals surface area contributed by atoms with Crippen LogP contribution in [0.15, 0.2) is 42.7 Å². The number of piperidine rings is 1. The van der Waals surface area contributed by atoms with Gasteiger partial charge in [-0.1, -0.05) is 6.42 Å². The first kappa shape index (κ1) is 18.1. The zero-order valence-electron chi connectivity index (χ0n) is 16.4. The van der Waals surface area contributed by atoms with Crippen LogP contribution in [0.3, 0.4) is 0 Å². The van der Waals surface area contributed by atoms with Gasteiger partial charge in [-0.3, -0.25) is 9.78 Å². The predicted molar refractivity (Wildman–Crippen MR) is 109 cm³/mol. The van der Waals surface area contributed by atoms with Crippen molar-refractivity contribution >= 4 is 17.6 Å². The molecule has 1 aromatic carbocycles. The minimum Gasteiger partial charge on any atom is -0.335 e. The number of likely N-dealkylation sites (tertiary alicyclic amines) is 1. The van der Waals surface area contributed by atoms with Gasteiger partial charge in [0.1, 0.15) is 0 Å². The van der Waals surface area contributed by atoms with Crippen LogP contribution in [-0.4, -0.2) is 51.9 Å². The Labute approximate surface area is 170 Å². The van der Waals surface area contributed by atoms with Crippen molar-refractivity contribution in [2.75, 3.05) is 25.0 Å². The molecule has 2 aromatic rings. The molecule has 0 radical (unpaired) electrons. The van der Waals surface area contributed by atoms with Crippen molar-refractivity contribution in [2.45, 2.75) is 37.9 Å². The molecule has 5 rings (SSSR count). The summed E-state index contributed by atoms with van der Waals surface area (Å²) in [5.74, 6) is 0.0587. The maximum absolute atomic E-state index is 12.7. The Morgan fingerprint density at radius 1 is 1.00 bits per heavy atom. The van der Waals surface area contributed by atoms with E-state index in [2.05, 4.69) is 15.6 Å². The number of carbonyl (C=O) groups is 2. The Bertz CT molecular complexity index is 903. The lowest BCUT2D eigenvalue weighted by Crippen LogP contribution is -2.71. The first-order valence-corrected chi connectivity index (χ1v) is 10.2. The average Bonchev–Trinajstić information content (AvgIpc) is 3.17. The molecule has 3 aliphatic heterocycles. The summed E-state index contributed by atoms with van der Waals surface area (Å²) in [5.41, 5.74) is 3.71. The Hall–Kier alpha value is -2.93. The van der Waals surface area contributed by atoms with E-state index in [1.165, 1.54) is 12.8 Å². The number of fused-ring (bicyclic) bond motifs is 1. The SMILES string of the molecule is O=C(Nc1ccc(C(=O)N2CC3(CCCCN3)C2)cc1)N1Cc2ccncc2C1. The first-order valence-electron chi connectivity index (χ1n) is 10.2. The smallest absolute Gasteiger partial charge is 0.322 e. The number of hydrogen-bond donors (Lipinski definition) is 2. The lowest BCUT2D eigenvalue weighted by Gasteiger charge is -2.52. The van der Waals surface area contributed by atoms with Crippen LogP contribution in [-0.2, 0) is 13.1 Å². The van der Waals surface area contributed by atoms with Gasteiger partial charge in [-0.05, 0) is 60.8 Å². The highest BCUT2D eigenvalue weighted by atomic mass is 16.2. The largest absolute Gasteiger partial charge is 0.335 e. The summed E-state index contributed by atoms with van der Waals surface area (Å²) in [6.45, 7) is 3.78. The molecular weight excluding hydrogens is 366 g/mol. The number of amides is 3. The summed E-state index contributed by atoms with van der Waals surface area (Å²) in [5, 5.41) is 6.50. The van der Waals surface area contributed by atoms with Gasteiger partial charge in [0.05, 0.1) is 5.54 Å². The maximum atomic E-state index is 12.7. The fourth-order valence-corrected chi connectivity index (χ4v) is 4.57. The lowest BCUT2D eigenvalue weighted by molar-refractivity contribution is 0.0190. The number of rotatable bonds is 2. The highest BCUT2D eigenvalue weighted by molar-refractivity contribution is 5.96. The van der Waals surface area contributed by atoms with Gasteiger partial charge < -0.3 is 20.4 Å². The van der Waals surface area contributed by atoms with Crippen molar-refractivity contribution in [1.29, 1.82) is 0 Å². The van der Waals surface area contributed by atoms with Crippen LogP contribution >= 0.6 is 0 Å². The molecule has 0 bridgehead atoms. The van der Waals surface area contributed by atoms with E-state index in [-0.39, 0.29) is 17.5 Å². The van der Waals surface area contributed by atoms with Crippen LogP contribution in [0, 0.1) is 0 Å². The van der Waals surface area contributed by atoms with Gasteiger partial charge in [-0.2, -0.15) is 0 Å². The van der Waals surface area contributed by atoms with Crippen LogP contribution in [0.25, 0.3) is 0 Å². The number of carbonyl (C=O) groups excluding carboxylic acids is 2. The Balaban J connectivity index is 1.17. The van der Waals surface area contributed by atoms with Crippen molar-refractivity contribution in [2.24, 2.45) is 0 Å². The monoisotopic (exact) mass is 391 g/mol. The van der Waals surface area contributed by atoms with Gasteiger partial charge in [0.2, 0.25) is 0 Å². The highest BCUT2D eigenvalue weighted by Crippen LogP contribution is 2.30. The zero-order valence-corrected chi connectivity index (χ0v) is 16.4. The fraction of sp³-hybridized carbons (Fsp3) is 0.409. The van der Waals surface area contributed by atoms with Crippen molar-refractivity contribution in [3.05, 3.63) is 59.4 Å². The summed E-state index contributed by atoms with van der Waals surface area (Å²) < 4.78 is 0. The molecule has 0 saturated carbocycles. The molecule has 7 nitrogen and oxygen atoms in total. The molecule has 3 aliphatic rings. The molecule has 2 fully saturated rings. The molecular formula is C22H25N5O2. The molecule has 0 atom stereocenters. The molecule has 150 valence electrons. The summed E-state index contributed by atoms with van der Waals surface area (Å²) in [4.78, 5) is 33.0.